The monoisotopic (exact) mass is 1150 g/mol. The molecule has 9 rings (SSSR count). The Labute approximate surface area is 488 Å². The molecule has 3 aromatic rings. The summed E-state index contributed by atoms with van der Waals surface area (Å²) in [6.07, 6.45) is 10.0. The van der Waals surface area contributed by atoms with Crippen molar-refractivity contribution in [3.8, 4) is 23.0 Å². The van der Waals surface area contributed by atoms with Crippen LogP contribution in [0.2, 0.25) is 0 Å². The van der Waals surface area contributed by atoms with Crippen LogP contribution in [0.1, 0.15) is 132 Å². The number of rotatable bonds is 28. The van der Waals surface area contributed by atoms with Crippen molar-refractivity contribution in [2.75, 3.05) is 57.8 Å². The van der Waals surface area contributed by atoms with E-state index in [4.69, 9.17) is 23.7 Å². The van der Waals surface area contributed by atoms with Gasteiger partial charge in [-0.05, 0) is 84.4 Å². The van der Waals surface area contributed by atoms with E-state index in [1.165, 1.54) is 42.4 Å². The van der Waals surface area contributed by atoms with Crippen molar-refractivity contribution in [2.45, 2.75) is 123 Å². The van der Waals surface area contributed by atoms with Gasteiger partial charge in [0, 0.05) is 106 Å². The summed E-state index contributed by atoms with van der Waals surface area (Å²) in [6.45, 7) is 9.87. The fraction of sp³-hybridized carbons (Fsp3) is 0.492. The fourth-order valence-electron chi connectivity index (χ4n) is 11.1. The van der Waals surface area contributed by atoms with Gasteiger partial charge in [0.15, 0.2) is 28.8 Å². The first-order valence-electron chi connectivity index (χ1n) is 29.1. The van der Waals surface area contributed by atoms with Gasteiger partial charge in [0.05, 0.1) is 68.6 Å². The molecular weight excluding hydrogens is 1080 g/mol. The number of nitrogens with one attached hydrogen (secondary N) is 3. The number of Topliss-reactive ketones (excluding diaryl/α,β-unsaturated/α-hetero) is 2. The standard InChI is InChI=1S/C63H75N7O14/c1-35(2)45-29-57(74)68(61(45)77)19-17-44(71)10-8-20-82-23-18-56(73)67-58(36(3)4)51(72)24-37(5)59(75)65-42-15-13-39(14-16-42)41-26-50-60(76)66-49-31-55(53(81-7)28-47(49)63(79)70(50)34-41)84-22-9-21-83-54-30-48-46(27-52(54)80-6)62(78)69-33-40(38-11-12-38)25-43(69)32-64-48/h13-16,27-28,30-38,43,45,50,58H,8-12,17-26,29H2,1-7H3,(H,65,75)(H,66,76)(H,67,73)/t37-,43+,45?,50+,58+/m1/s1. The second-order valence-electron chi connectivity index (χ2n) is 23.1. The van der Waals surface area contributed by atoms with Crippen molar-refractivity contribution in [1.82, 2.24) is 20.0 Å². The number of hydrogen-bond acceptors (Lipinski definition) is 15. The number of aliphatic imine (C=N–C) groups is 1. The Bertz CT molecular complexity index is 3180. The van der Waals surface area contributed by atoms with Crippen molar-refractivity contribution in [1.29, 1.82) is 0 Å². The third kappa shape index (κ3) is 13.9. The minimum atomic E-state index is -0.839. The first-order valence-corrected chi connectivity index (χ1v) is 29.1. The largest absolute Gasteiger partial charge is 0.493 e. The van der Waals surface area contributed by atoms with Crippen molar-refractivity contribution < 1.29 is 66.8 Å². The van der Waals surface area contributed by atoms with E-state index >= 15 is 0 Å². The van der Waals surface area contributed by atoms with Crippen LogP contribution >= 0.6 is 0 Å². The van der Waals surface area contributed by atoms with Crippen LogP contribution in [0.15, 0.2) is 71.5 Å². The number of ether oxygens (including phenoxy) is 5. The summed E-state index contributed by atoms with van der Waals surface area (Å²) in [7, 11) is 2.99. The first kappa shape index (κ1) is 60.4. The van der Waals surface area contributed by atoms with Crippen molar-refractivity contribution in [3.63, 3.8) is 0 Å². The molecule has 1 saturated carbocycles. The maximum Gasteiger partial charge on any atom is 0.260 e. The molecule has 6 aliphatic rings. The van der Waals surface area contributed by atoms with Gasteiger partial charge in [-0.15, -0.1) is 0 Å². The summed E-state index contributed by atoms with van der Waals surface area (Å²) in [5.41, 5.74) is 4.69. The van der Waals surface area contributed by atoms with Crippen LogP contribution in [-0.2, 0) is 38.3 Å². The predicted molar refractivity (Wildman–Crippen MR) is 311 cm³/mol. The molecule has 1 aliphatic carbocycles. The molecule has 3 aromatic carbocycles. The van der Waals surface area contributed by atoms with Crippen LogP contribution in [0.25, 0.3) is 5.57 Å². The van der Waals surface area contributed by atoms with E-state index in [9.17, 15) is 43.2 Å². The number of ketones is 2. The number of carbonyl (C=O) groups excluding carboxylic acids is 9. The summed E-state index contributed by atoms with van der Waals surface area (Å²) in [5.74, 6) is -1.77. The molecule has 5 heterocycles. The number of imide groups is 1. The molecule has 84 heavy (non-hydrogen) atoms. The third-order valence-corrected chi connectivity index (χ3v) is 16.2. The highest BCUT2D eigenvalue weighted by Crippen LogP contribution is 2.45. The van der Waals surface area contributed by atoms with Gasteiger partial charge in [0.1, 0.15) is 11.8 Å². The van der Waals surface area contributed by atoms with E-state index in [-0.39, 0.29) is 148 Å². The lowest BCUT2D eigenvalue weighted by Gasteiger charge is -2.23. The topological polar surface area (TPSA) is 258 Å². The maximum atomic E-state index is 14.1. The number of hydrogen-bond donors (Lipinski definition) is 3. The lowest BCUT2D eigenvalue weighted by molar-refractivity contribution is -0.140. The molecule has 21 nitrogen and oxygen atoms in total. The van der Waals surface area contributed by atoms with E-state index in [0.717, 1.165) is 17.6 Å². The fourth-order valence-corrected chi connectivity index (χ4v) is 11.1. The molecule has 0 bridgehead atoms. The summed E-state index contributed by atoms with van der Waals surface area (Å²) < 4.78 is 29.1. The highest BCUT2D eigenvalue weighted by molar-refractivity contribution is 6.12. The SMILES string of the molecule is COc1cc2c(cc1OCCCOc1cc3c(cc1OC)C(=O)N1C=C(c4ccc(NC(=O)[C@H](C)CC(=O)[C@@H](NC(=O)CCOCCCC(=O)CCN5C(=O)CC(C(C)C)C5=O)C(C)C)cc4)C[C@H]1C(=O)N3)N=C[C@@H]1CC(C3CC3)=CN1C2=O. The molecule has 5 aliphatic heterocycles. The number of methoxy groups -OCH3 is 2. The van der Waals surface area contributed by atoms with E-state index in [2.05, 4.69) is 20.9 Å². The van der Waals surface area contributed by atoms with Gasteiger partial charge in [-0.3, -0.25) is 53.0 Å². The number of amides is 7. The Kier molecular flexibility index (Phi) is 19.1. The molecule has 7 amide bonds. The number of likely N-dealkylation sites (tertiary alicyclic amines) is 1. The van der Waals surface area contributed by atoms with Crippen molar-refractivity contribution >= 4 is 81.8 Å². The number of nitrogens with zero attached hydrogens (tertiary/aromatic N) is 4. The lowest BCUT2D eigenvalue weighted by atomic mass is 9.92. The number of fused-ring (bicyclic) bond motifs is 4. The van der Waals surface area contributed by atoms with Crippen LogP contribution < -0.4 is 34.9 Å². The van der Waals surface area contributed by atoms with Crippen LogP contribution in [0.3, 0.4) is 0 Å². The van der Waals surface area contributed by atoms with Gasteiger partial charge < -0.3 is 49.4 Å². The zero-order valence-electron chi connectivity index (χ0n) is 48.8. The Balaban J connectivity index is 0.706. The zero-order valence-corrected chi connectivity index (χ0v) is 48.8. The van der Waals surface area contributed by atoms with Crippen molar-refractivity contribution in [2.24, 2.45) is 34.6 Å². The van der Waals surface area contributed by atoms with Gasteiger partial charge in [-0.2, -0.15) is 0 Å². The molecule has 446 valence electrons. The van der Waals surface area contributed by atoms with E-state index in [1.807, 2.05) is 26.3 Å². The number of benzene rings is 3. The van der Waals surface area contributed by atoms with Gasteiger partial charge in [-0.1, -0.05) is 46.8 Å². The van der Waals surface area contributed by atoms with E-state index < -0.39 is 29.8 Å². The summed E-state index contributed by atoms with van der Waals surface area (Å²) in [6, 6.07) is 11.7. The van der Waals surface area contributed by atoms with Crippen LogP contribution in [0.5, 0.6) is 23.0 Å². The quantitative estimate of drug-likeness (QED) is 0.0463. The van der Waals surface area contributed by atoms with Gasteiger partial charge in [0.25, 0.3) is 11.8 Å². The molecule has 0 spiro atoms. The van der Waals surface area contributed by atoms with Crippen LogP contribution in [-0.4, -0.2) is 139 Å². The highest BCUT2D eigenvalue weighted by Gasteiger charge is 2.42. The zero-order chi connectivity index (χ0) is 59.9. The molecule has 5 atom stereocenters. The Morgan fingerprint density at radius 1 is 0.738 bits per heavy atom. The summed E-state index contributed by atoms with van der Waals surface area (Å²) >= 11 is 0. The second kappa shape index (κ2) is 26.6. The first-order chi connectivity index (χ1) is 40.3. The Hall–Kier alpha value is -8.20. The normalized spacial score (nSPS) is 19.6. The minimum Gasteiger partial charge on any atom is -0.493 e. The molecule has 2 fully saturated rings. The van der Waals surface area contributed by atoms with Crippen molar-refractivity contribution in [3.05, 3.63) is 83.2 Å². The second-order valence-corrected chi connectivity index (χ2v) is 23.1. The number of carbonyl (C=O) groups is 9. The molecule has 1 unspecified atom stereocenters. The predicted octanol–water partition coefficient (Wildman–Crippen LogP) is 7.84. The average molecular weight is 1150 g/mol. The molecule has 0 radical (unpaired) electrons. The highest BCUT2D eigenvalue weighted by atomic mass is 16.5. The molecule has 1 saturated heterocycles. The van der Waals surface area contributed by atoms with E-state index in [0.29, 0.717) is 58.7 Å². The van der Waals surface area contributed by atoms with Crippen LogP contribution in [0, 0.1) is 29.6 Å². The average Bonchev–Trinajstić information content (AvgIpc) is 2.45. The lowest BCUT2D eigenvalue weighted by Crippen LogP contribution is -2.45. The molecule has 21 heteroatoms. The Morgan fingerprint density at radius 2 is 1.43 bits per heavy atom. The van der Waals surface area contributed by atoms with Gasteiger partial charge in [-0.25, -0.2) is 0 Å². The van der Waals surface area contributed by atoms with Crippen LogP contribution in [0.4, 0.5) is 17.1 Å². The summed E-state index contributed by atoms with van der Waals surface area (Å²) in [4.78, 5) is 127. The van der Waals surface area contributed by atoms with Gasteiger partial charge >= 0.3 is 0 Å². The smallest absolute Gasteiger partial charge is 0.260 e. The molecule has 3 N–H and O–H groups in total. The Morgan fingerprint density at radius 3 is 2.10 bits per heavy atom. The van der Waals surface area contributed by atoms with Gasteiger partial charge in [0.2, 0.25) is 29.5 Å². The summed E-state index contributed by atoms with van der Waals surface area (Å²) in [5, 5.41) is 8.56. The number of anilines is 2. The molecular formula is C63H75N7O14. The molecule has 0 aromatic heterocycles. The van der Waals surface area contributed by atoms with E-state index in [1.54, 1.807) is 80.4 Å². The minimum absolute atomic E-state index is 0.0110. The maximum absolute atomic E-state index is 14.1. The third-order valence-electron chi connectivity index (χ3n) is 16.2.